The van der Waals surface area contributed by atoms with E-state index in [0.717, 1.165) is 0 Å². The SMILES string of the molecule is NC(=O)CC[n+]1ccc(C(=O)O)cc1.[Cl-]. The molecule has 3 N–H and O–H groups in total. The van der Waals surface area contributed by atoms with Crippen LogP contribution in [-0.2, 0) is 11.3 Å². The number of aryl methyl sites for hydroxylation is 1. The van der Waals surface area contributed by atoms with Gasteiger partial charge in [-0.25, -0.2) is 9.36 Å². The summed E-state index contributed by atoms with van der Waals surface area (Å²) in [6.45, 7) is 0.467. The second-order valence-corrected chi connectivity index (χ2v) is 2.85. The van der Waals surface area contributed by atoms with Crippen LogP contribution in [0.1, 0.15) is 16.8 Å². The summed E-state index contributed by atoms with van der Waals surface area (Å²) in [6.07, 6.45) is 3.45. The van der Waals surface area contributed by atoms with Crippen LogP contribution in [0.4, 0.5) is 0 Å². The lowest BCUT2D eigenvalue weighted by Gasteiger charge is -1.95. The molecule has 0 saturated carbocycles. The number of hydrogen-bond donors (Lipinski definition) is 2. The van der Waals surface area contributed by atoms with Crippen molar-refractivity contribution in [3.63, 3.8) is 0 Å². The lowest BCUT2D eigenvalue weighted by molar-refractivity contribution is -0.695. The summed E-state index contributed by atoms with van der Waals surface area (Å²) in [5.74, 6) is -1.34. The molecule has 1 aromatic rings. The van der Waals surface area contributed by atoms with Crippen molar-refractivity contribution in [2.45, 2.75) is 13.0 Å². The monoisotopic (exact) mass is 230 g/mol. The molecule has 0 spiro atoms. The molecule has 0 saturated heterocycles. The average Bonchev–Trinajstić information content (AvgIpc) is 2.15. The van der Waals surface area contributed by atoms with Crippen molar-refractivity contribution in [3.8, 4) is 0 Å². The normalized spacial score (nSPS) is 9.07. The Morgan fingerprint density at radius 1 is 1.33 bits per heavy atom. The predicted octanol–water partition coefficient (Wildman–Crippen LogP) is -3.45. The Balaban J connectivity index is 0.00000196. The lowest BCUT2D eigenvalue weighted by atomic mass is 10.3. The smallest absolute Gasteiger partial charge is 0.336 e. The minimum Gasteiger partial charge on any atom is -1.00 e. The zero-order valence-corrected chi connectivity index (χ0v) is 8.65. The van der Waals surface area contributed by atoms with Crippen molar-refractivity contribution < 1.29 is 31.7 Å². The van der Waals surface area contributed by atoms with Crippen molar-refractivity contribution in [1.82, 2.24) is 0 Å². The number of carboxylic acid groups (broad SMARTS) is 1. The Kier molecular flexibility index (Phi) is 5.33. The molecule has 0 bridgehead atoms. The Hall–Kier alpha value is -1.62. The third kappa shape index (κ3) is 4.42. The van der Waals surface area contributed by atoms with Gasteiger partial charge in [0.1, 0.15) is 0 Å². The first kappa shape index (κ1) is 13.4. The van der Waals surface area contributed by atoms with E-state index >= 15 is 0 Å². The van der Waals surface area contributed by atoms with Crippen LogP contribution in [0.25, 0.3) is 0 Å². The summed E-state index contributed by atoms with van der Waals surface area (Å²) in [4.78, 5) is 21.0. The summed E-state index contributed by atoms with van der Waals surface area (Å²) in [7, 11) is 0. The van der Waals surface area contributed by atoms with Gasteiger partial charge >= 0.3 is 5.97 Å². The van der Waals surface area contributed by atoms with Gasteiger partial charge in [0.2, 0.25) is 5.91 Å². The number of amides is 1. The molecule has 5 nitrogen and oxygen atoms in total. The van der Waals surface area contributed by atoms with Crippen LogP contribution in [0.15, 0.2) is 24.5 Å². The van der Waals surface area contributed by atoms with Gasteiger partial charge in [0.25, 0.3) is 0 Å². The van der Waals surface area contributed by atoms with E-state index in [1.54, 1.807) is 17.0 Å². The van der Waals surface area contributed by atoms with E-state index in [0.29, 0.717) is 6.54 Å². The van der Waals surface area contributed by atoms with Gasteiger partial charge in [-0.2, -0.15) is 0 Å². The van der Waals surface area contributed by atoms with Crippen LogP contribution in [-0.4, -0.2) is 17.0 Å². The first-order valence-corrected chi connectivity index (χ1v) is 4.10. The summed E-state index contributed by atoms with van der Waals surface area (Å²) >= 11 is 0. The number of nitrogens with zero attached hydrogens (tertiary/aromatic N) is 1. The van der Waals surface area contributed by atoms with E-state index < -0.39 is 5.97 Å². The number of primary amides is 1. The molecule has 1 amide bonds. The standard InChI is InChI=1S/C9H10N2O3.ClH/c10-8(12)3-6-11-4-1-7(2-5-11)9(13)14;/h1-2,4-5H,3,6H2,(H2-,10,12,13,14);1H. The lowest BCUT2D eigenvalue weighted by Crippen LogP contribution is -3.00. The molecule has 0 aliphatic heterocycles. The van der Waals surface area contributed by atoms with Crippen molar-refractivity contribution in [3.05, 3.63) is 30.1 Å². The fourth-order valence-corrected chi connectivity index (χ4v) is 0.988. The minimum absolute atomic E-state index is 0. The number of carbonyl (C=O) groups is 2. The third-order valence-corrected chi connectivity index (χ3v) is 1.75. The Labute approximate surface area is 92.9 Å². The Morgan fingerprint density at radius 2 is 1.87 bits per heavy atom. The van der Waals surface area contributed by atoms with Crippen molar-refractivity contribution in [1.29, 1.82) is 0 Å². The van der Waals surface area contributed by atoms with E-state index in [1.165, 1.54) is 12.1 Å². The largest absolute Gasteiger partial charge is 1.00 e. The highest BCUT2D eigenvalue weighted by molar-refractivity contribution is 5.87. The molecule has 0 aromatic carbocycles. The van der Waals surface area contributed by atoms with Gasteiger partial charge in [-0.15, -0.1) is 0 Å². The summed E-state index contributed by atoms with van der Waals surface area (Å²) in [5.41, 5.74) is 5.19. The molecule has 0 aliphatic carbocycles. The number of carboxylic acids is 1. The molecular formula is C9H11ClN2O3. The van der Waals surface area contributed by atoms with Crippen LogP contribution in [0, 0.1) is 0 Å². The highest BCUT2D eigenvalue weighted by Crippen LogP contribution is 1.94. The predicted molar refractivity (Wildman–Crippen MR) is 47.4 cm³/mol. The van der Waals surface area contributed by atoms with Gasteiger partial charge in [0.15, 0.2) is 18.9 Å². The van der Waals surface area contributed by atoms with E-state index in [9.17, 15) is 9.59 Å². The van der Waals surface area contributed by atoms with E-state index in [-0.39, 0.29) is 30.3 Å². The quantitative estimate of drug-likeness (QED) is 0.528. The first-order valence-electron chi connectivity index (χ1n) is 4.10. The maximum Gasteiger partial charge on any atom is 0.336 e. The third-order valence-electron chi connectivity index (χ3n) is 1.75. The fraction of sp³-hybridized carbons (Fsp3) is 0.222. The summed E-state index contributed by atoms with van der Waals surface area (Å²) < 4.78 is 1.71. The molecule has 82 valence electrons. The molecule has 0 atom stereocenters. The molecule has 1 rings (SSSR count). The van der Waals surface area contributed by atoms with Crippen LogP contribution < -0.4 is 22.7 Å². The number of pyridine rings is 1. The van der Waals surface area contributed by atoms with E-state index in [4.69, 9.17) is 10.8 Å². The topological polar surface area (TPSA) is 84.3 Å². The van der Waals surface area contributed by atoms with Crippen LogP contribution in [0.2, 0.25) is 0 Å². The number of aromatic nitrogens is 1. The zero-order valence-electron chi connectivity index (χ0n) is 7.89. The Morgan fingerprint density at radius 3 is 2.27 bits per heavy atom. The maximum atomic E-state index is 10.5. The van der Waals surface area contributed by atoms with Gasteiger partial charge in [-0.3, -0.25) is 4.79 Å². The van der Waals surface area contributed by atoms with E-state index in [1.807, 2.05) is 0 Å². The maximum absolute atomic E-state index is 10.5. The van der Waals surface area contributed by atoms with E-state index in [2.05, 4.69) is 0 Å². The van der Waals surface area contributed by atoms with Crippen LogP contribution in [0.3, 0.4) is 0 Å². The minimum atomic E-state index is -0.966. The molecular weight excluding hydrogens is 220 g/mol. The second-order valence-electron chi connectivity index (χ2n) is 2.85. The van der Waals surface area contributed by atoms with Gasteiger partial charge in [0, 0.05) is 12.1 Å². The molecule has 0 fully saturated rings. The number of rotatable bonds is 4. The van der Waals surface area contributed by atoms with Crippen LogP contribution in [0.5, 0.6) is 0 Å². The van der Waals surface area contributed by atoms with Crippen LogP contribution >= 0.6 is 0 Å². The molecule has 1 heterocycles. The van der Waals surface area contributed by atoms with Crippen molar-refractivity contribution in [2.75, 3.05) is 0 Å². The number of hydrogen-bond acceptors (Lipinski definition) is 2. The molecule has 0 unspecified atom stereocenters. The molecule has 15 heavy (non-hydrogen) atoms. The number of halogens is 1. The van der Waals surface area contributed by atoms with Gasteiger partial charge in [-0.1, -0.05) is 0 Å². The van der Waals surface area contributed by atoms with Gasteiger partial charge in [0.05, 0.1) is 12.0 Å². The molecule has 6 heteroatoms. The van der Waals surface area contributed by atoms with Crippen molar-refractivity contribution >= 4 is 11.9 Å². The molecule has 0 aliphatic rings. The highest BCUT2D eigenvalue weighted by Gasteiger charge is 2.06. The van der Waals surface area contributed by atoms with Gasteiger partial charge in [-0.05, 0) is 0 Å². The van der Waals surface area contributed by atoms with Crippen molar-refractivity contribution in [2.24, 2.45) is 5.73 Å². The molecule has 1 aromatic heterocycles. The number of aromatic carboxylic acids is 1. The molecule has 0 radical (unpaired) electrons. The summed E-state index contributed by atoms with van der Waals surface area (Å²) in [5, 5.41) is 8.61. The fourth-order valence-electron chi connectivity index (χ4n) is 0.988. The highest BCUT2D eigenvalue weighted by atomic mass is 35.5. The number of carbonyl (C=O) groups excluding carboxylic acids is 1. The Bertz CT molecular complexity index is 351. The number of nitrogens with two attached hydrogens (primary N) is 1. The zero-order chi connectivity index (χ0) is 10.6. The summed E-state index contributed by atoms with van der Waals surface area (Å²) in [6, 6.07) is 2.95. The average molecular weight is 231 g/mol. The van der Waals surface area contributed by atoms with Gasteiger partial charge < -0.3 is 23.2 Å². The first-order chi connectivity index (χ1) is 6.59. The second kappa shape index (κ2) is 5.98.